The number of rotatable bonds is 7. The fourth-order valence-electron chi connectivity index (χ4n) is 4.13. The second-order valence-electron chi connectivity index (χ2n) is 9.22. The van der Waals surface area contributed by atoms with E-state index in [1.54, 1.807) is 0 Å². The Kier molecular flexibility index (Phi) is 9.19. The molecule has 0 aliphatic carbocycles. The van der Waals surface area contributed by atoms with E-state index in [0.29, 0.717) is 0 Å². The standard InChI is InChI=1S/C36H34/c1-3-5-9-29-13-17-31(18-14-29)21-22-33-24-27-35(28-25-33)36-12-8-7-11-34(36)26-23-32-19-15-30(16-20-32)10-6-4-2/h7-8,11-20,24-25,27-28H,3-6,9-10H2,1-2H3. The van der Waals surface area contributed by atoms with Crippen molar-refractivity contribution in [3.05, 3.63) is 130 Å². The van der Waals surface area contributed by atoms with E-state index in [4.69, 9.17) is 0 Å². The molecule has 0 unspecified atom stereocenters. The van der Waals surface area contributed by atoms with Gasteiger partial charge in [-0.2, -0.15) is 0 Å². The molecule has 178 valence electrons. The predicted octanol–water partition coefficient (Wildman–Crippen LogP) is 8.84. The Hall–Kier alpha value is -4.00. The van der Waals surface area contributed by atoms with Gasteiger partial charge in [-0.05, 0) is 90.4 Å². The van der Waals surface area contributed by atoms with Crippen LogP contribution in [0.25, 0.3) is 11.1 Å². The average molecular weight is 467 g/mol. The molecule has 4 rings (SSSR count). The van der Waals surface area contributed by atoms with E-state index in [0.717, 1.165) is 46.2 Å². The second-order valence-corrected chi connectivity index (χ2v) is 9.22. The summed E-state index contributed by atoms with van der Waals surface area (Å²) in [5.74, 6) is 13.3. The van der Waals surface area contributed by atoms with Crippen molar-refractivity contribution in [2.24, 2.45) is 0 Å². The molecule has 0 aromatic heterocycles. The van der Waals surface area contributed by atoms with Crippen LogP contribution in [0.1, 0.15) is 72.9 Å². The first kappa shape index (κ1) is 25.1. The van der Waals surface area contributed by atoms with Gasteiger partial charge < -0.3 is 0 Å². The highest BCUT2D eigenvalue weighted by molar-refractivity contribution is 5.72. The van der Waals surface area contributed by atoms with Crippen LogP contribution in [0.15, 0.2) is 97.1 Å². The van der Waals surface area contributed by atoms with Crippen LogP contribution in [0.4, 0.5) is 0 Å². The fourth-order valence-corrected chi connectivity index (χ4v) is 4.13. The molecular weight excluding hydrogens is 432 g/mol. The molecule has 0 fully saturated rings. The highest BCUT2D eigenvalue weighted by Gasteiger charge is 2.03. The zero-order chi connectivity index (χ0) is 25.0. The summed E-state index contributed by atoms with van der Waals surface area (Å²) in [5.41, 5.74) is 9.22. The molecule has 0 aliphatic heterocycles. The molecule has 0 aliphatic rings. The zero-order valence-corrected chi connectivity index (χ0v) is 21.5. The number of aryl methyl sites for hydroxylation is 2. The molecule has 0 N–H and O–H groups in total. The van der Waals surface area contributed by atoms with Crippen LogP contribution in [-0.4, -0.2) is 0 Å². The SMILES string of the molecule is CCCCc1ccc(C#Cc2ccc(-c3ccccc3C#Cc3ccc(CCCC)cc3)cc2)cc1. The van der Waals surface area contributed by atoms with Crippen LogP contribution < -0.4 is 0 Å². The maximum Gasteiger partial charge on any atom is 0.0327 e. The largest absolute Gasteiger partial charge is 0.0654 e. The molecule has 0 nitrogen and oxygen atoms in total. The summed E-state index contributed by atoms with van der Waals surface area (Å²) in [6, 6.07) is 34.1. The molecule has 0 amide bonds. The van der Waals surface area contributed by atoms with Crippen molar-refractivity contribution >= 4 is 0 Å². The molecule has 36 heavy (non-hydrogen) atoms. The van der Waals surface area contributed by atoms with Gasteiger partial charge in [0.05, 0.1) is 0 Å². The number of benzene rings is 4. The summed E-state index contributed by atoms with van der Waals surface area (Å²) in [5, 5.41) is 0. The number of hydrogen-bond donors (Lipinski definition) is 0. The minimum Gasteiger partial charge on any atom is -0.0654 e. The Morgan fingerprint density at radius 1 is 0.472 bits per heavy atom. The molecule has 0 saturated carbocycles. The molecular formula is C36H34. The van der Waals surface area contributed by atoms with Gasteiger partial charge in [0.1, 0.15) is 0 Å². The number of unbranched alkanes of at least 4 members (excludes halogenated alkanes) is 2. The van der Waals surface area contributed by atoms with Crippen molar-refractivity contribution in [2.75, 3.05) is 0 Å². The first-order chi connectivity index (χ1) is 17.7. The third-order valence-corrected chi connectivity index (χ3v) is 6.36. The quantitative estimate of drug-likeness (QED) is 0.239. The Balaban J connectivity index is 1.47. The fraction of sp³-hybridized carbons (Fsp3) is 0.222. The highest BCUT2D eigenvalue weighted by Crippen LogP contribution is 2.23. The molecule has 0 heteroatoms. The van der Waals surface area contributed by atoms with Crippen molar-refractivity contribution in [1.82, 2.24) is 0 Å². The summed E-state index contributed by atoms with van der Waals surface area (Å²) >= 11 is 0. The lowest BCUT2D eigenvalue weighted by molar-refractivity contribution is 0.795. The van der Waals surface area contributed by atoms with E-state index in [1.165, 1.54) is 36.8 Å². The van der Waals surface area contributed by atoms with Crippen molar-refractivity contribution in [3.63, 3.8) is 0 Å². The summed E-state index contributed by atoms with van der Waals surface area (Å²) in [7, 11) is 0. The Morgan fingerprint density at radius 3 is 1.42 bits per heavy atom. The van der Waals surface area contributed by atoms with Crippen molar-refractivity contribution < 1.29 is 0 Å². The third-order valence-electron chi connectivity index (χ3n) is 6.36. The summed E-state index contributed by atoms with van der Waals surface area (Å²) < 4.78 is 0. The molecule has 4 aromatic carbocycles. The van der Waals surface area contributed by atoms with Crippen LogP contribution in [0.5, 0.6) is 0 Å². The van der Waals surface area contributed by atoms with Crippen LogP contribution in [0.3, 0.4) is 0 Å². The van der Waals surface area contributed by atoms with Crippen molar-refractivity contribution in [3.8, 4) is 34.8 Å². The van der Waals surface area contributed by atoms with E-state index < -0.39 is 0 Å². The highest BCUT2D eigenvalue weighted by atomic mass is 14.1. The van der Waals surface area contributed by atoms with Crippen LogP contribution >= 0.6 is 0 Å². The molecule has 0 bridgehead atoms. The van der Waals surface area contributed by atoms with Gasteiger partial charge in [0.25, 0.3) is 0 Å². The monoisotopic (exact) mass is 466 g/mol. The van der Waals surface area contributed by atoms with Gasteiger partial charge in [0.2, 0.25) is 0 Å². The van der Waals surface area contributed by atoms with Crippen molar-refractivity contribution in [1.29, 1.82) is 0 Å². The Morgan fingerprint density at radius 2 is 0.917 bits per heavy atom. The van der Waals surface area contributed by atoms with E-state index in [-0.39, 0.29) is 0 Å². The maximum atomic E-state index is 3.39. The van der Waals surface area contributed by atoms with Crippen LogP contribution in [0, 0.1) is 23.7 Å². The average Bonchev–Trinajstić information content (AvgIpc) is 2.94. The summed E-state index contributed by atoms with van der Waals surface area (Å²) in [6.45, 7) is 4.46. The molecule has 0 saturated heterocycles. The lowest BCUT2D eigenvalue weighted by Gasteiger charge is -2.05. The van der Waals surface area contributed by atoms with Gasteiger partial charge in [-0.3, -0.25) is 0 Å². The van der Waals surface area contributed by atoms with Crippen LogP contribution in [0.2, 0.25) is 0 Å². The van der Waals surface area contributed by atoms with Gasteiger partial charge in [-0.25, -0.2) is 0 Å². The molecule has 0 spiro atoms. The molecule has 0 radical (unpaired) electrons. The molecule has 0 atom stereocenters. The zero-order valence-electron chi connectivity index (χ0n) is 21.5. The predicted molar refractivity (Wildman–Crippen MR) is 154 cm³/mol. The van der Waals surface area contributed by atoms with E-state index in [9.17, 15) is 0 Å². The first-order valence-corrected chi connectivity index (χ1v) is 13.2. The topological polar surface area (TPSA) is 0 Å². The Labute approximate surface area is 217 Å². The van der Waals surface area contributed by atoms with E-state index >= 15 is 0 Å². The smallest absolute Gasteiger partial charge is 0.0327 e. The Bertz CT molecular complexity index is 1360. The van der Waals surface area contributed by atoms with Crippen molar-refractivity contribution in [2.45, 2.75) is 52.4 Å². The minimum atomic E-state index is 1.01. The van der Waals surface area contributed by atoms with Gasteiger partial charge in [0, 0.05) is 22.3 Å². The van der Waals surface area contributed by atoms with Gasteiger partial charge >= 0.3 is 0 Å². The lowest BCUT2D eigenvalue weighted by Crippen LogP contribution is -1.86. The summed E-state index contributed by atoms with van der Waals surface area (Å²) in [4.78, 5) is 0. The summed E-state index contributed by atoms with van der Waals surface area (Å²) in [6.07, 6.45) is 7.19. The van der Waals surface area contributed by atoms with Gasteiger partial charge in [-0.15, -0.1) is 0 Å². The normalized spacial score (nSPS) is 10.2. The third kappa shape index (κ3) is 7.25. The van der Waals surface area contributed by atoms with Gasteiger partial charge in [0.15, 0.2) is 0 Å². The van der Waals surface area contributed by atoms with E-state index in [1.807, 2.05) is 0 Å². The maximum absolute atomic E-state index is 3.39. The molecule has 0 heterocycles. The second kappa shape index (κ2) is 13.2. The first-order valence-electron chi connectivity index (χ1n) is 13.2. The number of hydrogen-bond acceptors (Lipinski definition) is 0. The van der Waals surface area contributed by atoms with E-state index in [2.05, 4.69) is 135 Å². The van der Waals surface area contributed by atoms with Crippen LogP contribution in [-0.2, 0) is 12.8 Å². The van der Waals surface area contributed by atoms with Gasteiger partial charge in [-0.1, -0.05) is 105 Å². The molecule has 4 aromatic rings. The lowest BCUT2D eigenvalue weighted by atomic mass is 9.98. The minimum absolute atomic E-state index is 1.01.